The third-order valence-electron chi connectivity index (χ3n) is 8.51. The molecule has 0 fully saturated rings. The number of H-pyrrole nitrogens is 1. The van der Waals surface area contributed by atoms with Crippen molar-refractivity contribution in [3.8, 4) is 0 Å². The molecule has 2 aromatic heterocycles. The summed E-state index contributed by atoms with van der Waals surface area (Å²) in [5.41, 5.74) is 15.0. The van der Waals surface area contributed by atoms with E-state index in [2.05, 4.69) is 170 Å². The van der Waals surface area contributed by atoms with Gasteiger partial charge in [-0.1, -0.05) is 228 Å². The fourth-order valence-corrected chi connectivity index (χ4v) is 7.44. The van der Waals surface area contributed by atoms with Crippen molar-refractivity contribution in [2.45, 2.75) is 190 Å². The first-order chi connectivity index (χ1) is 31.3. The Labute approximate surface area is 406 Å². The van der Waals surface area contributed by atoms with Gasteiger partial charge in [0.2, 0.25) is 0 Å². The summed E-state index contributed by atoms with van der Waals surface area (Å²) < 4.78 is 2.20. The van der Waals surface area contributed by atoms with E-state index in [9.17, 15) is 0 Å². The van der Waals surface area contributed by atoms with Crippen molar-refractivity contribution in [3.63, 3.8) is 0 Å². The molecule has 4 heteroatoms. The zero-order valence-electron chi connectivity index (χ0n) is 46.2. The van der Waals surface area contributed by atoms with Crippen LogP contribution in [0.3, 0.4) is 0 Å². The molecule has 5 rings (SSSR count). The van der Waals surface area contributed by atoms with E-state index in [0.717, 1.165) is 44.1 Å². The summed E-state index contributed by atoms with van der Waals surface area (Å²) in [5.74, 6) is 1.70. The molecule has 0 saturated heterocycles. The van der Waals surface area contributed by atoms with E-state index in [1.165, 1.54) is 28.1 Å². The summed E-state index contributed by atoms with van der Waals surface area (Å²) in [6, 6.07) is 0. The predicted molar refractivity (Wildman–Crippen MR) is 308 cm³/mol. The standard InChI is InChI=1S/C19H22N2S.C14H20.C9H15N.7C2H6.2C2H4/c1-4-15-16-9-8-12(2)19(16)22-18(15)10-14-6-5-7-17(14)21-13(3)11-20-21;1-4-8-12(3)11-13(5-2)14-9-6-7-10-14;1-3-4-6-9(2)7-5-8-10;9*1-2/h5,7-9,11-12,20H,4,6,10H2,1-3H3;4,6-12,14H,5H2,1-3H3;4-6,8H,2-3,7,10H2,1H3;7*1-2H3;2*1-2H2/b;8-4-,13-11+;6-4-,8-5-;;;;;;;;;. The number of aryl methyl sites for hydroxylation is 1. The highest BCUT2D eigenvalue weighted by Crippen LogP contribution is 2.42. The van der Waals surface area contributed by atoms with Crippen molar-refractivity contribution >= 4 is 23.1 Å². The fourth-order valence-electron chi connectivity index (χ4n) is 5.98. The molecular weight excluding hydrogens is 795 g/mol. The van der Waals surface area contributed by atoms with Crippen LogP contribution in [-0.2, 0) is 12.8 Å². The maximum Gasteiger partial charge on any atom is 0.0622 e. The number of thiophene rings is 1. The normalized spacial score (nSPS) is 13.6. The molecule has 2 heterocycles. The molecule has 0 bridgehead atoms. The Hall–Kier alpha value is -4.28. The van der Waals surface area contributed by atoms with Crippen molar-refractivity contribution in [2.75, 3.05) is 0 Å². The van der Waals surface area contributed by atoms with Crippen molar-refractivity contribution < 1.29 is 0 Å². The molecule has 0 radical (unpaired) electrons. The third kappa shape index (κ3) is 30.7. The van der Waals surface area contributed by atoms with Crippen LogP contribution in [0.2, 0.25) is 0 Å². The minimum atomic E-state index is 0.549. The van der Waals surface area contributed by atoms with Crippen LogP contribution in [-0.4, -0.2) is 9.78 Å². The van der Waals surface area contributed by atoms with Gasteiger partial charge in [0.25, 0.3) is 0 Å². The average Bonchev–Trinajstić information content (AvgIpc) is 4.21. The molecule has 0 spiro atoms. The van der Waals surface area contributed by atoms with Gasteiger partial charge in [-0.05, 0) is 80.8 Å². The second-order valence-corrected chi connectivity index (χ2v) is 13.3. The number of rotatable bonds is 12. The smallest absolute Gasteiger partial charge is 0.0622 e. The quantitative estimate of drug-likeness (QED) is 0.162. The molecule has 3 nitrogen and oxygen atoms in total. The number of nitrogens with two attached hydrogens (primary N) is 1. The van der Waals surface area contributed by atoms with Gasteiger partial charge < -0.3 is 5.73 Å². The minimum absolute atomic E-state index is 0.549. The largest absolute Gasteiger partial charge is 0.405 e. The highest BCUT2D eigenvalue weighted by atomic mass is 32.1. The first-order valence-electron chi connectivity index (χ1n) is 25.1. The van der Waals surface area contributed by atoms with Gasteiger partial charge in [-0.2, -0.15) is 0 Å². The molecule has 3 aliphatic rings. The molecule has 2 unspecified atom stereocenters. The average molecular weight is 903 g/mol. The Morgan fingerprint density at radius 3 is 1.83 bits per heavy atom. The number of hydrogen-bond donors (Lipinski definition) is 2. The molecule has 0 saturated carbocycles. The van der Waals surface area contributed by atoms with Crippen LogP contribution in [0.5, 0.6) is 0 Å². The lowest BCUT2D eigenvalue weighted by molar-refractivity contribution is 0.757. The number of nitrogens with zero attached hydrogens (tertiary/aromatic N) is 1. The lowest BCUT2D eigenvalue weighted by atomic mass is 9.94. The highest BCUT2D eigenvalue weighted by molar-refractivity contribution is 7.12. The zero-order chi connectivity index (χ0) is 51.5. The van der Waals surface area contributed by atoms with Crippen molar-refractivity contribution in [1.82, 2.24) is 9.78 Å². The second kappa shape index (κ2) is 56.7. The van der Waals surface area contributed by atoms with Crippen molar-refractivity contribution in [2.24, 2.45) is 17.6 Å². The number of allylic oxidation sites excluding steroid dienone is 17. The molecule has 0 aliphatic heterocycles. The monoisotopic (exact) mass is 902 g/mol. The van der Waals surface area contributed by atoms with Crippen molar-refractivity contribution in [3.05, 3.63) is 168 Å². The van der Waals surface area contributed by atoms with E-state index in [1.807, 2.05) is 120 Å². The van der Waals surface area contributed by atoms with Gasteiger partial charge in [0, 0.05) is 34.2 Å². The summed E-state index contributed by atoms with van der Waals surface area (Å²) in [4.78, 5) is 3.14. The number of hydrogen-bond acceptors (Lipinski definition) is 2. The first kappa shape index (κ1) is 74.1. The fraction of sp³-hybridized carbons (Fsp3) is 0.500. The van der Waals surface area contributed by atoms with Crippen LogP contribution in [0.25, 0.3) is 11.8 Å². The van der Waals surface area contributed by atoms with Crippen LogP contribution in [0.1, 0.15) is 197 Å². The topological polar surface area (TPSA) is 46.7 Å². The maximum atomic E-state index is 5.16. The number of nitrogens with one attached hydrogen (secondary N) is 1. The second-order valence-electron chi connectivity index (χ2n) is 12.2. The molecule has 2 atom stereocenters. The minimum Gasteiger partial charge on any atom is -0.405 e. The Morgan fingerprint density at radius 1 is 0.859 bits per heavy atom. The first-order valence-corrected chi connectivity index (χ1v) is 25.9. The molecular formula is C60H107N3S. The van der Waals surface area contributed by atoms with E-state index < -0.39 is 0 Å². The van der Waals surface area contributed by atoms with Gasteiger partial charge >= 0.3 is 0 Å². The summed E-state index contributed by atoms with van der Waals surface area (Å²) in [6.07, 6.45) is 40.7. The van der Waals surface area contributed by atoms with Gasteiger partial charge in [-0.15, -0.1) is 37.7 Å². The summed E-state index contributed by atoms with van der Waals surface area (Å²) in [7, 11) is 0. The number of aromatic amines is 1. The van der Waals surface area contributed by atoms with Gasteiger partial charge in [0.1, 0.15) is 0 Å². The number of fused-ring (bicyclic) bond motifs is 1. The molecule has 0 aromatic carbocycles. The number of aromatic nitrogens is 2. The lowest BCUT2D eigenvalue weighted by Gasteiger charge is -2.17. The van der Waals surface area contributed by atoms with Crippen LogP contribution in [0, 0.1) is 18.8 Å². The van der Waals surface area contributed by atoms with E-state index in [0.29, 0.717) is 17.8 Å². The highest BCUT2D eigenvalue weighted by Gasteiger charge is 2.24. The van der Waals surface area contributed by atoms with Crippen LogP contribution >= 0.6 is 11.3 Å². The lowest BCUT2D eigenvalue weighted by Crippen LogP contribution is -2.11. The zero-order valence-corrected chi connectivity index (χ0v) is 47.0. The van der Waals surface area contributed by atoms with Crippen LogP contribution in [0.4, 0.5) is 0 Å². The maximum absolute atomic E-state index is 5.16. The van der Waals surface area contributed by atoms with E-state index in [1.54, 1.807) is 21.5 Å². The SMILES string of the molecule is C/C=C\C(C)/C=C(\CC)C1C=CC=C1.C=C.C=C.C=C(/C=C\CC)C/C=C\N.CC.CC.CC.CC.CC.CC.CC.CCc1c(CC2=C(n3[nH]cc3C)C=CC2)sc2c1C=CC2C. The molecule has 64 heavy (non-hydrogen) atoms. The van der Waals surface area contributed by atoms with E-state index in [-0.39, 0.29) is 0 Å². The van der Waals surface area contributed by atoms with Gasteiger partial charge in [-0.25, -0.2) is 0 Å². The van der Waals surface area contributed by atoms with Crippen LogP contribution in [0.15, 0.2) is 141 Å². The van der Waals surface area contributed by atoms with Gasteiger partial charge in [0.15, 0.2) is 0 Å². The van der Waals surface area contributed by atoms with Crippen molar-refractivity contribution in [1.29, 1.82) is 0 Å². The molecule has 3 N–H and O–H groups in total. The Bertz CT molecular complexity index is 1570. The molecule has 0 amide bonds. The Morgan fingerprint density at radius 2 is 1.41 bits per heavy atom. The predicted octanol–water partition coefficient (Wildman–Crippen LogP) is 20.7. The summed E-state index contributed by atoms with van der Waals surface area (Å²) in [5, 5.41) is 3.28. The van der Waals surface area contributed by atoms with E-state index in [4.69, 9.17) is 5.73 Å². The summed E-state index contributed by atoms with van der Waals surface area (Å²) >= 11 is 2.03. The molecule has 2 aromatic rings. The Kier molecular flexibility index (Phi) is 65.7. The van der Waals surface area contributed by atoms with Gasteiger partial charge in [-0.3, -0.25) is 9.78 Å². The van der Waals surface area contributed by atoms with Gasteiger partial charge in [0.05, 0.1) is 11.4 Å². The molecule has 368 valence electrons. The summed E-state index contributed by atoms with van der Waals surface area (Å²) in [6.45, 7) is 59.2. The third-order valence-corrected chi connectivity index (χ3v) is 9.96. The van der Waals surface area contributed by atoms with Crippen LogP contribution < -0.4 is 5.73 Å². The Balaban J connectivity index is -0.000000135. The molecule has 3 aliphatic carbocycles. The van der Waals surface area contributed by atoms with E-state index >= 15 is 0 Å².